The highest BCUT2D eigenvalue weighted by atomic mass is 16.5. The van der Waals surface area contributed by atoms with Crippen LogP contribution in [0.5, 0.6) is 0 Å². The zero-order chi connectivity index (χ0) is 13.0. The number of aryl methyl sites for hydroxylation is 1. The highest BCUT2D eigenvalue weighted by molar-refractivity contribution is 6.11. The van der Waals surface area contributed by atoms with Crippen LogP contribution in [0.3, 0.4) is 0 Å². The normalized spacial score (nSPS) is 23.6. The molecule has 0 atom stereocenters. The molecule has 1 aliphatic rings. The van der Waals surface area contributed by atoms with Crippen molar-refractivity contribution in [3.8, 4) is 0 Å². The van der Waals surface area contributed by atoms with Crippen LogP contribution in [0.4, 0.5) is 0 Å². The second-order valence-electron chi connectivity index (χ2n) is 4.99. The second kappa shape index (κ2) is 6.08. The molecule has 0 heterocycles. The van der Waals surface area contributed by atoms with E-state index in [0.29, 0.717) is 5.56 Å². The number of carbonyl (C=O) groups excluding carboxylic acids is 1. The minimum absolute atomic E-state index is 0.0446. The van der Waals surface area contributed by atoms with Crippen LogP contribution in [-0.2, 0) is 11.2 Å². The van der Waals surface area contributed by atoms with Crippen molar-refractivity contribution in [2.45, 2.75) is 50.9 Å². The molecule has 2 rings (SSSR count). The van der Waals surface area contributed by atoms with Crippen LogP contribution in [0.25, 0.3) is 0 Å². The summed E-state index contributed by atoms with van der Waals surface area (Å²) < 4.78 is 5.50. The molecular weight excluding hydrogens is 223 g/mol. The van der Waals surface area contributed by atoms with Crippen molar-refractivity contribution >= 4 is 13.8 Å². The number of ether oxygens (including phenoxy) is 1. The standard InChI is InChI=1S/C15H19BO2/c1-2-11-3-5-12(6-4-11)15(17)18-14-9-7-13(16)8-10-14/h3-6,13-14H,2,7-10H2,1H3. The molecule has 1 fully saturated rings. The van der Waals surface area contributed by atoms with Crippen molar-refractivity contribution < 1.29 is 9.53 Å². The molecule has 3 heteroatoms. The van der Waals surface area contributed by atoms with E-state index < -0.39 is 0 Å². The summed E-state index contributed by atoms with van der Waals surface area (Å²) in [5.74, 6) is 0.0712. The maximum atomic E-state index is 11.9. The molecule has 0 N–H and O–H groups in total. The Morgan fingerprint density at radius 3 is 2.39 bits per heavy atom. The molecule has 18 heavy (non-hydrogen) atoms. The Balaban J connectivity index is 1.90. The first kappa shape index (κ1) is 13.2. The zero-order valence-electron chi connectivity index (χ0n) is 10.9. The van der Waals surface area contributed by atoms with Gasteiger partial charge in [-0.25, -0.2) is 4.79 Å². The van der Waals surface area contributed by atoms with E-state index in [1.807, 2.05) is 24.3 Å². The van der Waals surface area contributed by atoms with E-state index in [9.17, 15) is 4.79 Å². The average Bonchev–Trinajstić information content (AvgIpc) is 2.41. The van der Waals surface area contributed by atoms with Crippen LogP contribution in [0.15, 0.2) is 24.3 Å². The third-order valence-electron chi connectivity index (χ3n) is 3.59. The Labute approximate surface area is 110 Å². The summed E-state index contributed by atoms with van der Waals surface area (Å²) in [4.78, 5) is 11.9. The number of hydrogen-bond donors (Lipinski definition) is 0. The predicted octanol–water partition coefficient (Wildman–Crippen LogP) is 3.31. The van der Waals surface area contributed by atoms with Crippen LogP contribution < -0.4 is 0 Å². The van der Waals surface area contributed by atoms with Crippen molar-refractivity contribution in [2.24, 2.45) is 0 Å². The molecule has 94 valence electrons. The van der Waals surface area contributed by atoms with E-state index >= 15 is 0 Å². The van der Waals surface area contributed by atoms with Gasteiger partial charge in [-0.1, -0.05) is 37.7 Å². The molecule has 2 nitrogen and oxygen atoms in total. The smallest absolute Gasteiger partial charge is 0.338 e. The third kappa shape index (κ3) is 3.38. The molecule has 0 spiro atoms. The molecule has 0 aliphatic heterocycles. The van der Waals surface area contributed by atoms with E-state index in [1.54, 1.807) is 0 Å². The number of rotatable bonds is 3. The Bertz CT molecular complexity index is 391. The van der Waals surface area contributed by atoms with Crippen molar-refractivity contribution in [3.63, 3.8) is 0 Å². The number of benzene rings is 1. The Morgan fingerprint density at radius 2 is 1.83 bits per heavy atom. The van der Waals surface area contributed by atoms with Crippen molar-refractivity contribution in [1.82, 2.24) is 0 Å². The van der Waals surface area contributed by atoms with Gasteiger partial charge in [0.25, 0.3) is 0 Å². The number of carbonyl (C=O) groups is 1. The lowest BCUT2D eigenvalue weighted by atomic mass is 9.75. The monoisotopic (exact) mass is 242 g/mol. The average molecular weight is 242 g/mol. The van der Waals surface area contributed by atoms with Crippen molar-refractivity contribution in [1.29, 1.82) is 0 Å². The maximum absolute atomic E-state index is 11.9. The van der Waals surface area contributed by atoms with Gasteiger partial charge in [0.15, 0.2) is 0 Å². The molecule has 0 saturated heterocycles. The molecule has 1 aromatic carbocycles. The lowest BCUT2D eigenvalue weighted by molar-refractivity contribution is 0.0212. The predicted molar refractivity (Wildman–Crippen MR) is 73.0 cm³/mol. The first-order valence-corrected chi connectivity index (χ1v) is 6.74. The van der Waals surface area contributed by atoms with Gasteiger partial charge in [-0.3, -0.25) is 0 Å². The molecule has 0 amide bonds. The Morgan fingerprint density at radius 1 is 1.22 bits per heavy atom. The molecule has 0 aromatic heterocycles. The molecule has 2 radical (unpaired) electrons. The highest BCUT2D eigenvalue weighted by Crippen LogP contribution is 2.28. The zero-order valence-corrected chi connectivity index (χ0v) is 10.9. The van der Waals surface area contributed by atoms with Gasteiger partial charge in [-0.15, -0.1) is 0 Å². The SMILES string of the molecule is [B]C1CCC(OC(=O)c2ccc(CC)cc2)CC1. The number of hydrogen-bond acceptors (Lipinski definition) is 2. The van der Waals surface area contributed by atoms with E-state index in [4.69, 9.17) is 12.6 Å². The van der Waals surface area contributed by atoms with Crippen molar-refractivity contribution in [2.75, 3.05) is 0 Å². The fourth-order valence-corrected chi connectivity index (χ4v) is 2.30. The van der Waals surface area contributed by atoms with E-state index in [0.717, 1.165) is 32.1 Å². The summed E-state index contributed by atoms with van der Waals surface area (Å²) in [5.41, 5.74) is 1.87. The van der Waals surface area contributed by atoms with Gasteiger partial charge in [0.05, 0.1) is 13.4 Å². The molecule has 1 aliphatic carbocycles. The Hall–Kier alpha value is -1.25. The maximum Gasteiger partial charge on any atom is 0.338 e. The van der Waals surface area contributed by atoms with Crippen molar-refractivity contribution in [3.05, 3.63) is 35.4 Å². The summed E-state index contributed by atoms with van der Waals surface area (Å²) in [5, 5.41) is 0. The summed E-state index contributed by atoms with van der Waals surface area (Å²) >= 11 is 0. The van der Waals surface area contributed by atoms with E-state index in [2.05, 4.69) is 6.92 Å². The van der Waals surface area contributed by atoms with Crippen LogP contribution >= 0.6 is 0 Å². The van der Waals surface area contributed by atoms with Gasteiger partial charge in [0, 0.05) is 0 Å². The van der Waals surface area contributed by atoms with E-state index in [-0.39, 0.29) is 17.9 Å². The molecule has 0 unspecified atom stereocenters. The second-order valence-corrected chi connectivity index (χ2v) is 4.99. The first-order chi connectivity index (χ1) is 8.69. The van der Waals surface area contributed by atoms with E-state index in [1.165, 1.54) is 5.56 Å². The fourth-order valence-electron chi connectivity index (χ4n) is 2.30. The number of esters is 1. The molecule has 0 bridgehead atoms. The first-order valence-electron chi connectivity index (χ1n) is 6.74. The summed E-state index contributed by atoms with van der Waals surface area (Å²) in [6, 6.07) is 7.65. The van der Waals surface area contributed by atoms with Crippen LogP contribution in [-0.4, -0.2) is 19.9 Å². The minimum Gasteiger partial charge on any atom is -0.459 e. The molecule has 1 aromatic rings. The lowest BCUT2D eigenvalue weighted by Crippen LogP contribution is -2.23. The highest BCUT2D eigenvalue weighted by Gasteiger charge is 2.21. The molecular formula is C15H19BO2. The van der Waals surface area contributed by atoms with Gasteiger partial charge in [-0.05, 0) is 37.0 Å². The van der Waals surface area contributed by atoms with Gasteiger partial charge in [-0.2, -0.15) is 0 Å². The summed E-state index contributed by atoms with van der Waals surface area (Å²) in [6.07, 6.45) is 4.71. The largest absolute Gasteiger partial charge is 0.459 e. The summed E-state index contributed by atoms with van der Waals surface area (Å²) in [6.45, 7) is 2.10. The van der Waals surface area contributed by atoms with Gasteiger partial charge in [0.2, 0.25) is 0 Å². The molecule has 1 saturated carbocycles. The third-order valence-corrected chi connectivity index (χ3v) is 3.59. The minimum atomic E-state index is -0.210. The topological polar surface area (TPSA) is 26.3 Å². The van der Waals surface area contributed by atoms with Gasteiger partial charge in [0.1, 0.15) is 6.10 Å². The van der Waals surface area contributed by atoms with Crippen LogP contribution in [0.2, 0.25) is 5.82 Å². The van der Waals surface area contributed by atoms with Gasteiger partial charge >= 0.3 is 5.97 Å². The van der Waals surface area contributed by atoms with Gasteiger partial charge < -0.3 is 4.74 Å². The Kier molecular flexibility index (Phi) is 4.46. The van der Waals surface area contributed by atoms with Crippen LogP contribution in [0.1, 0.15) is 48.5 Å². The quantitative estimate of drug-likeness (QED) is 0.600. The van der Waals surface area contributed by atoms with Crippen LogP contribution in [0, 0.1) is 0 Å². The fraction of sp³-hybridized carbons (Fsp3) is 0.533. The summed E-state index contributed by atoms with van der Waals surface area (Å²) in [7, 11) is 5.83. The lowest BCUT2D eigenvalue weighted by Gasteiger charge is -2.26.